The van der Waals surface area contributed by atoms with Gasteiger partial charge in [-0.15, -0.1) is 28.2 Å². The quantitative estimate of drug-likeness (QED) is 0.0766. The Labute approximate surface area is 275 Å². The highest BCUT2D eigenvalue weighted by Gasteiger charge is 2.54. The number of thiazole rings is 1. The molecule has 22 heteroatoms. The molecule has 5 rings (SSSR count). The minimum Gasteiger partial charge on any atom is -0.477 e. The number of aliphatic carboxylic acids is 2. The van der Waals surface area contributed by atoms with Crippen LogP contribution in [-0.2, 0) is 42.0 Å². The maximum Gasteiger partial charge on any atom is 0.355 e. The second kappa shape index (κ2) is 14.6. The molecule has 18 nitrogen and oxygen atoms in total. The number of carbonyl (C=O) groups is 4. The van der Waals surface area contributed by atoms with E-state index in [0.717, 1.165) is 32.7 Å². The van der Waals surface area contributed by atoms with Gasteiger partial charge in [0.1, 0.15) is 42.3 Å². The van der Waals surface area contributed by atoms with Crippen LogP contribution in [0.4, 0.5) is 9.52 Å². The van der Waals surface area contributed by atoms with Gasteiger partial charge in [0.2, 0.25) is 5.16 Å². The zero-order valence-corrected chi connectivity index (χ0v) is 26.4. The third-order valence-electron chi connectivity index (χ3n) is 6.44. The van der Waals surface area contributed by atoms with E-state index >= 15 is 0 Å². The van der Waals surface area contributed by atoms with Gasteiger partial charge < -0.3 is 30.9 Å². The van der Waals surface area contributed by atoms with Crippen LogP contribution in [0.2, 0.25) is 0 Å². The molecular formula is C25H23FN10O8S3. The van der Waals surface area contributed by atoms with Crippen LogP contribution in [-0.4, -0.2) is 106 Å². The van der Waals surface area contributed by atoms with E-state index in [1.807, 2.05) is 0 Å². The number of fused-ring (bicyclic) bond motifs is 1. The third-order valence-corrected chi connectivity index (χ3v) is 9.50. The Bertz CT molecular complexity index is 1790. The predicted molar refractivity (Wildman–Crippen MR) is 165 cm³/mol. The number of nitrogen functional groups attached to an aromatic ring is 1. The zero-order valence-electron chi connectivity index (χ0n) is 24.0. The van der Waals surface area contributed by atoms with Crippen molar-refractivity contribution in [3.8, 4) is 0 Å². The highest BCUT2D eigenvalue weighted by molar-refractivity contribution is 8.01. The fourth-order valence-corrected chi connectivity index (χ4v) is 7.20. The smallest absolute Gasteiger partial charge is 0.355 e. The zero-order chi connectivity index (χ0) is 33.7. The van der Waals surface area contributed by atoms with Gasteiger partial charge in [-0.1, -0.05) is 34.2 Å². The van der Waals surface area contributed by atoms with Crippen LogP contribution in [0.1, 0.15) is 11.3 Å². The van der Waals surface area contributed by atoms with E-state index in [-0.39, 0.29) is 57.8 Å². The molecule has 0 saturated carbocycles. The Morgan fingerprint density at radius 2 is 2.00 bits per heavy atom. The highest BCUT2D eigenvalue weighted by Crippen LogP contribution is 2.41. The molecule has 47 heavy (non-hydrogen) atoms. The molecule has 2 amide bonds. The van der Waals surface area contributed by atoms with Crippen LogP contribution in [0.3, 0.4) is 0 Å². The average Bonchev–Trinajstić information content (AvgIpc) is 3.68. The molecule has 2 aromatic heterocycles. The van der Waals surface area contributed by atoms with Gasteiger partial charge in [-0.2, -0.15) is 0 Å². The molecule has 2 aliphatic heterocycles. The summed E-state index contributed by atoms with van der Waals surface area (Å²) in [6, 6.07) is 4.38. The molecule has 2 aliphatic rings. The first kappa shape index (κ1) is 33.3. The SMILES string of the molecule is CON=C(Cn1nnnc1SCC1=C(C(=O)O)N2C(=O)C(NC(=O)C(=NOCc3ccc(F)cc3)c3csc(N)n3)[C@@H]2SC1)C(=O)O. The number of benzene rings is 1. The number of carbonyl (C=O) groups excluding carboxylic acids is 2. The summed E-state index contributed by atoms with van der Waals surface area (Å²) >= 11 is 3.33. The van der Waals surface area contributed by atoms with Gasteiger partial charge >= 0.3 is 11.9 Å². The van der Waals surface area contributed by atoms with Crippen molar-refractivity contribution in [2.75, 3.05) is 24.3 Å². The summed E-state index contributed by atoms with van der Waals surface area (Å²) in [7, 11) is 1.19. The van der Waals surface area contributed by atoms with Gasteiger partial charge in [0.05, 0.1) is 6.54 Å². The lowest BCUT2D eigenvalue weighted by molar-refractivity contribution is -0.150. The number of hydrogen-bond donors (Lipinski definition) is 4. The standard InChI is InChI=1S/C25H23FN10O8S3/c1-43-31-14(22(39)40)6-35-25(30-33-34-35)47-9-12-8-45-21-17(20(38)36(21)18(12)23(41)42)29-19(37)16(15-10-46-24(27)28-15)32-44-7-11-2-4-13(26)5-3-11/h2-5,10,17,21H,6-9H2,1H3,(H2,27,28)(H,29,37)(H,39,40)(H,41,42)/t17?,21-/m0/s1. The number of rotatable bonds is 14. The molecule has 1 fully saturated rings. The molecule has 0 aliphatic carbocycles. The summed E-state index contributed by atoms with van der Waals surface area (Å²) < 4.78 is 14.4. The fraction of sp³-hybridized carbons (Fsp3) is 0.280. The second-order valence-corrected chi connectivity index (χ2v) is 12.4. The van der Waals surface area contributed by atoms with Crippen LogP contribution >= 0.6 is 34.9 Å². The molecule has 246 valence electrons. The molecule has 0 bridgehead atoms. The topological polar surface area (TPSA) is 250 Å². The van der Waals surface area contributed by atoms with Crippen molar-refractivity contribution in [3.05, 3.63) is 58.0 Å². The first-order valence-electron chi connectivity index (χ1n) is 13.2. The second-order valence-electron chi connectivity index (χ2n) is 9.46. The van der Waals surface area contributed by atoms with E-state index in [9.17, 15) is 33.8 Å². The molecular weight excluding hydrogens is 684 g/mol. The van der Waals surface area contributed by atoms with Crippen LogP contribution in [0.5, 0.6) is 0 Å². The van der Waals surface area contributed by atoms with E-state index in [2.05, 4.69) is 41.0 Å². The Hall–Kier alpha value is -5.09. The number of nitrogens with one attached hydrogen (secondary N) is 1. The summed E-state index contributed by atoms with van der Waals surface area (Å²) in [4.78, 5) is 65.4. The molecule has 0 radical (unpaired) electrons. The molecule has 1 aromatic carbocycles. The lowest BCUT2D eigenvalue weighted by Crippen LogP contribution is -2.71. The first-order valence-corrected chi connectivity index (χ1v) is 16.1. The van der Waals surface area contributed by atoms with Gasteiger partial charge in [0.25, 0.3) is 11.8 Å². The van der Waals surface area contributed by atoms with E-state index in [4.69, 9.17) is 10.6 Å². The number of carboxylic acids is 2. The van der Waals surface area contributed by atoms with Crippen molar-refractivity contribution in [1.82, 2.24) is 35.4 Å². The summed E-state index contributed by atoms with van der Waals surface area (Å²) in [6.45, 7) is -0.408. The number of nitrogens with two attached hydrogens (primary N) is 1. The minimum atomic E-state index is -1.35. The number of amides is 2. The van der Waals surface area contributed by atoms with Crippen molar-refractivity contribution in [3.63, 3.8) is 0 Å². The van der Waals surface area contributed by atoms with Gasteiger partial charge in [-0.25, -0.2) is 23.6 Å². The Morgan fingerprint density at radius 1 is 1.23 bits per heavy atom. The van der Waals surface area contributed by atoms with Crippen molar-refractivity contribution in [2.24, 2.45) is 10.3 Å². The molecule has 2 atom stereocenters. The number of β-lactam (4-membered cyclic amide) rings is 1. The minimum absolute atomic E-state index is 0.0554. The van der Waals surface area contributed by atoms with Crippen LogP contribution in [0.15, 0.2) is 56.4 Å². The molecule has 4 heterocycles. The van der Waals surface area contributed by atoms with Crippen LogP contribution < -0.4 is 11.1 Å². The number of hydrogen-bond acceptors (Lipinski definition) is 16. The fourth-order valence-electron chi connectivity index (χ4n) is 4.30. The summed E-state index contributed by atoms with van der Waals surface area (Å²) in [5, 5.41) is 41.5. The maximum atomic E-state index is 13.3. The summed E-state index contributed by atoms with van der Waals surface area (Å²) in [6.07, 6.45) is 0. The van der Waals surface area contributed by atoms with E-state index < -0.39 is 41.0 Å². The largest absolute Gasteiger partial charge is 0.477 e. The normalized spacial score (nSPS) is 18.0. The number of thioether (sulfide) groups is 2. The van der Waals surface area contributed by atoms with Crippen molar-refractivity contribution < 1.29 is 43.5 Å². The number of nitrogens with zero attached hydrogens (tertiary/aromatic N) is 8. The molecule has 3 aromatic rings. The Balaban J connectivity index is 1.28. The predicted octanol–water partition coefficient (Wildman–Crippen LogP) is 0.390. The Kier molecular flexibility index (Phi) is 10.3. The monoisotopic (exact) mass is 706 g/mol. The molecule has 1 saturated heterocycles. The number of oxime groups is 2. The van der Waals surface area contributed by atoms with E-state index in [1.54, 1.807) is 0 Å². The molecule has 0 spiro atoms. The van der Waals surface area contributed by atoms with Crippen LogP contribution in [0.25, 0.3) is 0 Å². The first-order chi connectivity index (χ1) is 22.6. The number of halogens is 1. The number of carboxylic acid groups (broad SMARTS) is 2. The number of aromatic nitrogens is 5. The lowest BCUT2D eigenvalue weighted by atomic mass is 10.0. The number of anilines is 1. The van der Waals surface area contributed by atoms with Crippen molar-refractivity contribution in [2.45, 2.75) is 29.7 Å². The Morgan fingerprint density at radius 3 is 2.66 bits per heavy atom. The van der Waals surface area contributed by atoms with Crippen molar-refractivity contribution in [1.29, 1.82) is 0 Å². The van der Waals surface area contributed by atoms with E-state index in [1.165, 1.54) is 48.5 Å². The third kappa shape index (κ3) is 7.49. The molecule has 5 N–H and O–H groups in total. The lowest BCUT2D eigenvalue weighted by Gasteiger charge is -2.49. The summed E-state index contributed by atoms with van der Waals surface area (Å²) in [5.41, 5.74) is 5.92. The molecule has 1 unspecified atom stereocenters. The van der Waals surface area contributed by atoms with E-state index in [0.29, 0.717) is 11.1 Å². The van der Waals surface area contributed by atoms with Gasteiger partial charge in [0.15, 0.2) is 16.6 Å². The maximum absolute atomic E-state index is 13.3. The van der Waals surface area contributed by atoms with Gasteiger partial charge in [-0.3, -0.25) is 14.5 Å². The highest BCUT2D eigenvalue weighted by atomic mass is 32.2. The average molecular weight is 707 g/mol. The van der Waals surface area contributed by atoms with Crippen molar-refractivity contribution >= 4 is 75.2 Å². The van der Waals surface area contributed by atoms with Gasteiger partial charge in [0, 0.05) is 16.9 Å². The van der Waals surface area contributed by atoms with Crippen LogP contribution in [0, 0.1) is 5.82 Å². The summed E-state index contributed by atoms with van der Waals surface area (Å²) in [5.74, 6) is -4.34. The van der Waals surface area contributed by atoms with Gasteiger partial charge in [-0.05, 0) is 33.7 Å². The number of tetrazole rings is 1.